The van der Waals surface area contributed by atoms with Gasteiger partial charge in [-0.2, -0.15) is 0 Å². The van der Waals surface area contributed by atoms with Crippen molar-refractivity contribution in [1.29, 1.82) is 0 Å². The van der Waals surface area contributed by atoms with Crippen LogP contribution in [0.5, 0.6) is 0 Å². The number of halogens is 1. The zero-order valence-corrected chi connectivity index (χ0v) is 11.5. The standard InChI is InChI=1S/C15H20ClNO/c1-2-8-17-14(15-7-4-9-18-15)11-12-5-3-6-13(16)10-12/h3,5-7,10,14,17H,2,4,8-9,11H2,1H3. The van der Waals surface area contributed by atoms with E-state index in [0.29, 0.717) is 0 Å². The molecule has 3 heteroatoms. The van der Waals surface area contributed by atoms with Crippen molar-refractivity contribution >= 4 is 11.6 Å². The average Bonchev–Trinajstić information content (AvgIpc) is 2.88. The number of hydrogen-bond acceptors (Lipinski definition) is 2. The molecule has 0 bridgehead atoms. The second kappa shape index (κ2) is 6.81. The summed E-state index contributed by atoms with van der Waals surface area (Å²) in [7, 11) is 0. The molecule has 18 heavy (non-hydrogen) atoms. The molecule has 1 aliphatic rings. The monoisotopic (exact) mass is 265 g/mol. The van der Waals surface area contributed by atoms with Gasteiger partial charge in [0.15, 0.2) is 0 Å². The van der Waals surface area contributed by atoms with Gasteiger partial charge in [0.25, 0.3) is 0 Å². The van der Waals surface area contributed by atoms with Crippen molar-refractivity contribution < 1.29 is 4.74 Å². The molecule has 1 aromatic rings. The van der Waals surface area contributed by atoms with E-state index >= 15 is 0 Å². The Hall–Kier alpha value is -0.990. The lowest BCUT2D eigenvalue weighted by Crippen LogP contribution is -2.33. The molecule has 1 aromatic carbocycles. The van der Waals surface area contributed by atoms with E-state index in [0.717, 1.165) is 43.2 Å². The minimum absolute atomic E-state index is 0.269. The van der Waals surface area contributed by atoms with Gasteiger partial charge in [0.2, 0.25) is 0 Å². The Labute approximate surface area is 114 Å². The van der Waals surface area contributed by atoms with E-state index in [1.54, 1.807) is 0 Å². The largest absolute Gasteiger partial charge is 0.496 e. The molecule has 0 radical (unpaired) electrons. The average molecular weight is 266 g/mol. The maximum absolute atomic E-state index is 6.03. The van der Waals surface area contributed by atoms with Crippen LogP contribution in [0.2, 0.25) is 5.02 Å². The first-order valence-electron chi connectivity index (χ1n) is 6.60. The molecule has 0 fully saturated rings. The summed E-state index contributed by atoms with van der Waals surface area (Å²) in [5.41, 5.74) is 1.24. The van der Waals surface area contributed by atoms with Crippen molar-refractivity contribution in [2.45, 2.75) is 32.2 Å². The third kappa shape index (κ3) is 3.76. The zero-order chi connectivity index (χ0) is 12.8. The van der Waals surface area contributed by atoms with Gasteiger partial charge in [0.05, 0.1) is 12.6 Å². The van der Waals surface area contributed by atoms with Crippen molar-refractivity contribution in [2.24, 2.45) is 0 Å². The van der Waals surface area contributed by atoms with E-state index in [-0.39, 0.29) is 6.04 Å². The Kier molecular flexibility index (Phi) is 5.09. The van der Waals surface area contributed by atoms with Crippen molar-refractivity contribution in [3.05, 3.63) is 46.7 Å². The Bertz CT molecular complexity index is 417. The first-order valence-corrected chi connectivity index (χ1v) is 6.98. The summed E-state index contributed by atoms with van der Waals surface area (Å²) in [6.07, 6.45) is 5.26. The van der Waals surface area contributed by atoms with Gasteiger partial charge in [-0.1, -0.05) is 30.7 Å². The van der Waals surface area contributed by atoms with Crippen molar-refractivity contribution in [3.8, 4) is 0 Å². The smallest absolute Gasteiger partial charge is 0.109 e. The molecule has 1 unspecified atom stereocenters. The quantitative estimate of drug-likeness (QED) is 0.849. The van der Waals surface area contributed by atoms with Crippen LogP contribution in [0, 0.1) is 0 Å². The predicted octanol–water partition coefficient (Wildman–Crippen LogP) is 3.55. The Morgan fingerprint density at radius 1 is 1.44 bits per heavy atom. The summed E-state index contributed by atoms with van der Waals surface area (Å²) in [5, 5.41) is 4.34. The van der Waals surface area contributed by atoms with E-state index in [1.807, 2.05) is 18.2 Å². The van der Waals surface area contributed by atoms with Crippen LogP contribution in [0.4, 0.5) is 0 Å². The van der Waals surface area contributed by atoms with E-state index in [1.165, 1.54) is 5.56 Å². The minimum atomic E-state index is 0.269. The lowest BCUT2D eigenvalue weighted by molar-refractivity contribution is 0.214. The second-order valence-electron chi connectivity index (χ2n) is 4.58. The van der Waals surface area contributed by atoms with Gasteiger partial charge < -0.3 is 10.1 Å². The second-order valence-corrected chi connectivity index (χ2v) is 5.02. The molecule has 1 N–H and O–H groups in total. The van der Waals surface area contributed by atoms with Gasteiger partial charge in [-0.05, 0) is 43.2 Å². The van der Waals surface area contributed by atoms with Gasteiger partial charge in [0, 0.05) is 11.4 Å². The normalized spacial score (nSPS) is 16.2. The summed E-state index contributed by atoms with van der Waals surface area (Å²) in [4.78, 5) is 0. The summed E-state index contributed by atoms with van der Waals surface area (Å²) in [6, 6.07) is 8.31. The van der Waals surface area contributed by atoms with Crippen LogP contribution in [0.15, 0.2) is 36.1 Å². The van der Waals surface area contributed by atoms with Crippen LogP contribution >= 0.6 is 11.6 Å². The lowest BCUT2D eigenvalue weighted by Gasteiger charge is -2.19. The molecule has 1 atom stereocenters. The third-order valence-electron chi connectivity index (χ3n) is 3.05. The maximum atomic E-state index is 6.03. The number of rotatable bonds is 6. The highest BCUT2D eigenvalue weighted by atomic mass is 35.5. The molecule has 1 heterocycles. The highest BCUT2D eigenvalue weighted by molar-refractivity contribution is 6.30. The van der Waals surface area contributed by atoms with Crippen molar-refractivity contribution in [1.82, 2.24) is 5.32 Å². The van der Waals surface area contributed by atoms with Crippen LogP contribution < -0.4 is 5.32 Å². The van der Waals surface area contributed by atoms with Gasteiger partial charge in [-0.3, -0.25) is 0 Å². The highest BCUT2D eigenvalue weighted by Crippen LogP contribution is 2.19. The Morgan fingerprint density at radius 3 is 3.00 bits per heavy atom. The first kappa shape index (κ1) is 13.4. The fourth-order valence-electron chi connectivity index (χ4n) is 2.17. The molecule has 0 saturated carbocycles. The number of hydrogen-bond donors (Lipinski definition) is 1. The van der Waals surface area contributed by atoms with Crippen molar-refractivity contribution in [3.63, 3.8) is 0 Å². The van der Waals surface area contributed by atoms with Crippen LogP contribution in [-0.4, -0.2) is 19.2 Å². The van der Waals surface area contributed by atoms with Crippen LogP contribution in [0.25, 0.3) is 0 Å². The molecule has 2 nitrogen and oxygen atoms in total. The van der Waals surface area contributed by atoms with Gasteiger partial charge in [-0.25, -0.2) is 0 Å². The predicted molar refractivity (Wildman–Crippen MR) is 75.9 cm³/mol. The molecular formula is C15H20ClNO. The Balaban J connectivity index is 2.04. The van der Waals surface area contributed by atoms with Gasteiger partial charge >= 0.3 is 0 Å². The first-order chi connectivity index (χ1) is 8.79. The minimum Gasteiger partial charge on any atom is -0.496 e. The van der Waals surface area contributed by atoms with Gasteiger partial charge in [-0.15, -0.1) is 0 Å². The van der Waals surface area contributed by atoms with Crippen LogP contribution in [0.3, 0.4) is 0 Å². The fourth-order valence-corrected chi connectivity index (χ4v) is 2.38. The molecule has 0 aliphatic carbocycles. The molecule has 1 aliphatic heterocycles. The van der Waals surface area contributed by atoms with E-state index in [9.17, 15) is 0 Å². The molecule has 98 valence electrons. The highest BCUT2D eigenvalue weighted by Gasteiger charge is 2.18. The summed E-state index contributed by atoms with van der Waals surface area (Å²) >= 11 is 6.03. The lowest BCUT2D eigenvalue weighted by atomic mass is 10.0. The summed E-state index contributed by atoms with van der Waals surface area (Å²) in [5.74, 6) is 1.09. The molecular weight excluding hydrogens is 246 g/mol. The van der Waals surface area contributed by atoms with Gasteiger partial charge in [0.1, 0.15) is 5.76 Å². The molecule has 2 rings (SSSR count). The van der Waals surface area contributed by atoms with Crippen LogP contribution in [0.1, 0.15) is 25.3 Å². The summed E-state index contributed by atoms with van der Waals surface area (Å²) < 4.78 is 5.68. The SMILES string of the molecule is CCCNC(Cc1cccc(Cl)c1)C1=CCCO1. The van der Waals surface area contributed by atoms with E-state index in [2.05, 4.69) is 24.4 Å². The Morgan fingerprint density at radius 2 is 2.33 bits per heavy atom. The fraction of sp³-hybridized carbons (Fsp3) is 0.467. The van der Waals surface area contributed by atoms with Crippen LogP contribution in [-0.2, 0) is 11.2 Å². The number of nitrogens with one attached hydrogen (secondary N) is 1. The van der Waals surface area contributed by atoms with E-state index in [4.69, 9.17) is 16.3 Å². The maximum Gasteiger partial charge on any atom is 0.109 e. The topological polar surface area (TPSA) is 21.3 Å². The molecule has 0 amide bonds. The third-order valence-corrected chi connectivity index (χ3v) is 3.28. The van der Waals surface area contributed by atoms with E-state index < -0.39 is 0 Å². The summed E-state index contributed by atoms with van der Waals surface area (Å²) in [6.45, 7) is 3.99. The van der Waals surface area contributed by atoms with Crippen molar-refractivity contribution in [2.75, 3.05) is 13.2 Å². The zero-order valence-electron chi connectivity index (χ0n) is 10.8. The number of ether oxygens (including phenoxy) is 1. The number of benzene rings is 1. The molecule has 0 aromatic heterocycles. The molecule has 0 spiro atoms. The molecule has 0 saturated heterocycles.